The number of pyridine rings is 1. The van der Waals surface area contributed by atoms with Crippen LogP contribution >= 0.6 is 23.1 Å². The molecule has 164 valence electrons. The molecule has 0 aliphatic rings. The molecule has 0 aliphatic carbocycles. The highest BCUT2D eigenvalue weighted by molar-refractivity contribution is 7.98. The van der Waals surface area contributed by atoms with E-state index in [1.54, 1.807) is 30.1 Å². The van der Waals surface area contributed by atoms with Gasteiger partial charge in [0.05, 0.1) is 21.2 Å². The van der Waals surface area contributed by atoms with Crippen LogP contribution in [0.15, 0.2) is 53.6 Å². The summed E-state index contributed by atoms with van der Waals surface area (Å²) in [5.41, 5.74) is 2.48. The highest BCUT2D eigenvalue weighted by atomic mass is 32.2. The van der Waals surface area contributed by atoms with Crippen molar-refractivity contribution in [2.24, 2.45) is 0 Å². The number of aryl methyl sites for hydroxylation is 2. The van der Waals surface area contributed by atoms with E-state index in [9.17, 15) is 13.2 Å². The summed E-state index contributed by atoms with van der Waals surface area (Å²) >= 11 is 2.86. The molecule has 0 bridgehead atoms. The molecule has 0 unspecified atom stereocenters. The summed E-state index contributed by atoms with van der Waals surface area (Å²) in [4.78, 5) is 22.7. The molecule has 3 rings (SSSR count). The van der Waals surface area contributed by atoms with Gasteiger partial charge >= 0.3 is 0 Å². The number of nitrogens with zero attached hydrogens (tertiary/aromatic N) is 2. The van der Waals surface area contributed by atoms with Crippen LogP contribution in [0.3, 0.4) is 0 Å². The Bertz CT molecular complexity index is 1130. The lowest BCUT2D eigenvalue weighted by molar-refractivity contribution is -0.117. The highest BCUT2D eigenvalue weighted by Crippen LogP contribution is 2.31. The molecule has 0 aliphatic heterocycles. The van der Waals surface area contributed by atoms with Gasteiger partial charge in [0.2, 0.25) is 15.9 Å². The highest BCUT2D eigenvalue weighted by Gasteiger charge is 2.26. The molecule has 1 amide bonds. The third kappa shape index (κ3) is 6.13. The molecule has 0 spiro atoms. The Hall–Kier alpha value is -2.27. The first kappa shape index (κ1) is 23.4. The molecule has 0 fully saturated rings. The Morgan fingerprint density at radius 2 is 1.90 bits per heavy atom. The van der Waals surface area contributed by atoms with Crippen LogP contribution in [0.4, 0.5) is 5.13 Å². The summed E-state index contributed by atoms with van der Waals surface area (Å²) in [6.45, 7) is 3.73. The largest absolute Gasteiger partial charge is 0.301 e. The second-order valence-corrected chi connectivity index (χ2v) is 10.6. The van der Waals surface area contributed by atoms with Crippen LogP contribution in [-0.2, 0) is 14.8 Å². The van der Waals surface area contributed by atoms with Gasteiger partial charge in [0.1, 0.15) is 6.04 Å². The van der Waals surface area contributed by atoms with Gasteiger partial charge in [-0.2, -0.15) is 16.5 Å². The zero-order chi connectivity index (χ0) is 22.4. The van der Waals surface area contributed by atoms with Crippen molar-refractivity contribution in [2.45, 2.75) is 31.2 Å². The van der Waals surface area contributed by atoms with E-state index in [1.165, 1.54) is 23.5 Å². The van der Waals surface area contributed by atoms with Gasteiger partial charge in [-0.3, -0.25) is 9.78 Å². The van der Waals surface area contributed by atoms with E-state index in [0.717, 1.165) is 21.8 Å². The summed E-state index contributed by atoms with van der Waals surface area (Å²) in [5, 5.41) is 3.18. The maximum Gasteiger partial charge on any atom is 0.244 e. The van der Waals surface area contributed by atoms with Crippen LogP contribution in [0.5, 0.6) is 0 Å². The molecular weight excluding hydrogens is 452 g/mol. The van der Waals surface area contributed by atoms with Gasteiger partial charge in [-0.1, -0.05) is 35.1 Å². The molecule has 2 N–H and O–H groups in total. The first-order chi connectivity index (χ1) is 14.8. The van der Waals surface area contributed by atoms with Crippen LogP contribution in [0.2, 0.25) is 0 Å². The van der Waals surface area contributed by atoms with E-state index >= 15 is 0 Å². The number of carbonyl (C=O) groups excluding carboxylic acids is 1. The average molecular weight is 477 g/mol. The minimum absolute atomic E-state index is 0.127. The summed E-state index contributed by atoms with van der Waals surface area (Å²) in [6, 6.07) is 11.2. The standard InChI is InChI=1S/C21H24N4O3S3/c1-14-7-9-16(10-8-14)31(27,28)25-18(11-13-29-3)20(26)24-21-23-15(2)19(30-21)17-6-4-5-12-22-17/h4-10,12,18,25H,11,13H2,1-3H3,(H,23,24,26)/t18-/m1/s1. The van der Waals surface area contributed by atoms with Crippen LogP contribution < -0.4 is 10.0 Å². The van der Waals surface area contributed by atoms with E-state index in [1.807, 2.05) is 38.3 Å². The van der Waals surface area contributed by atoms with Crippen molar-refractivity contribution < 1.29 is 13.2 Å². The first-order valence-corrected chi connectivity index (χ1v) is 13.3. The van der Waals surface area contributed by atoms with E-state index < -0.39 is 22.0 Å². The molecule has 2 heterocycles. The lowest BCUT2D eigenvalue weighted by Crippen LogP contribution is -2.44. The fourth-order valence-corrected chi connectivity index (χ4v) is 5.48. The average Bonchev–Trinajstić information content (AvgIpc) is 3.11. The Labute approximate surface area is 190 Å². The minimum atomic E-state index is -3.84. The molecule has 2 aromatic heterocycles. The Balaban J connectivity index is 1.78. The van der Waals surface area contributed by atoms with Crippen LogP contribution in [0.1, 0.15) is 17.7 Å². The van der Waals surface area contributed by atoms with Gasteiger partial charge in [-0.05, 0) is 56.5 Å². The number of rotatable bonds is 9. The predicted octanol–water partition coefficient (Wildman–Crippen LogP) is 3.86. The summed E-state index contributed by atoms with van der Waals surface area (Å²) in [6.07, 6.45) is 3.97. The molecule has 0 saturated heterocycles. The SMILES string of the molecule is CSCC[C@@H](NS(=O)(=O)c1ccc(C)cc1)C(=O)Nc1nc(C)c(-c2ccccn2)s1. The fraction of sp³-hybridized carbons (Fsp3) is 0.286. The van der Waals surface area contributed by atoms with E-state index in [2.05, 4.69) is 20.0 Å². The minimum Gasteiger partial charge on any atom is -0.301 e. The second kappa shape index (κ2) is 10.4. The number of sulfonamides is 1. The molecule has 0 saturated carbocycles. The number of aromatic nitrogens is 2. The maximum absolute atomic E-state index is 12.9. The fourth-order valence-electron chi connectivity index (χ4n) is 2.83. The van der Waals surface area contributed by atoms with E-state index in [0.29, 0.717) is 17.3 Å². The number of nitrogens with one attached hydrogen (secondary N) is 2. The van der Waals surface area contributed by atoms with Crippen molar-refractivity contribution in [1.82, 2.24) is 14.7 Å². The van der Waals surface area contributed by atoms with Crippen molar-refractivity contribution in [3.8, 4) is 10.6 Å². The van der Waals surface area contributed by atoms with Gasteiger partial charge in [0.25, 0.3) is 0 Å². The first-order valence-electron chi connectivity index (χ1n) is 9.58. The lowest BCUT2D eigenvalue weighted by Gasteiger charge is -2.17. The van der Waals surface area contributed by atoms with E-state index in [4.69, 9.17) is 0 Å². The zero-order valence-electron chi connectivity index (χ0n) is 17.5. The molecule has 7 nitrogen and oxygen atoms in total. The van der Waals surface area contributed by atoms with Gasteiger partial charge < -0.3 is 5.32 Å². The normalized spacial score (nSPS) is 12.5. The summed E-state index contributed by atoms with van der Waals surface area (Å²) < 4.78 is 28.1. The van der Waals surface area contributed by atoms with Gasteiger partial charge in [0.15, 0.2) is 5.13 Å². The van der Waals surface area contributed by atoms with Gasteiger partial charge in [-0.15, -0.1) is 0 Å². The Morgan fingerprint density at radius 1 is 1.16 bits per heavy atom. The van der Waals surface area contributed by atoms with Gasteiger partial charge in [0, 0.05) is 6.20 Å². The zero-order valence-corrected chi connectivity index (χ0v) is 19.9. The van der Waals surface area contributed by atoms with Crippen LogP contribution in [0, 0.1) is 13.8 Å². The van der Waals surface area contributed by atoms with Crippen molar-refractivity contribution in [3.63, 3.8) is 0 Å². The topological polar surface area (TPSA) is 101 Å². The third-order valence-corrected chi connectivity index (χ3v) is 7.71. The molecule has 1 atom stereocenters. The number of benzene rings is 1. The number of hydrogen-bond acceptors (Lipinski definition) is 7. The van der Waals surface area contributed by atoms with Crippen LogP contribution in [-0.4, -0.2) is 42.3 Å². The monoisotopic (exact) mass is 476 g/mol. The number of thioether (sulfide) groups is 1. The number of anilines is 1. The molecule has 0 radical (unpaired) electrons. The van der Waals surface area contributed by atoms with Crippen molar-refractivity contribution in [3.05, 3.63) is 59.9 Å². The number of amides is 1. The molecular formula is C21H24N4O3S3. The van der Waals surface area contributed by atoms with Crippen molar-refractivity contribution >= 4 is 44.2 Å². The van der Waals surface area contributed by atoms with E-state index in [-0.39, 0.29) is 4.90 Å². The smallest absolute Gasteiger partial charge is 0.244 e. The number of hydrogen-bond donors (Lipinski definition) is 2. The third-order valence-electron chi connectivity index (χ3n) is 4.48. The van der Waals surface area contributed by atoms with Crippen LogP contribution in [0.25, 0.3) is 10.6 Å². The Morgan fingerprint density at radius 3 is 2.55 bits per heavy atom. The summed E-state index contributed by atoms with van der Waals surface area (Å²) in [7, 11) is -3.84. The second-order valence-electron chi connectivity index (χ2n) is 6.91. The number of thiazole rings is 1. The molecule has 31 heavy (non-hydrogen) atoms. The van der Waals surface area contributed by atoms with Crippen molar-refractivity contribution in [2.75, 3.05) is 17.3 Å². The lowest BCUT2D eigenvalue weighted by atomic mass is 10.2. The molecule has 3 aromatic rings. The Kier molecular flexibility index (Phi) is 7.82. The number of carbonyl (C=O) groups is 1. The van der Waals surface area contributed by atoms with Gasteiger partial charge in [-0.25, -0.2) is 13.4 Å². The van der Waals surface area contributed by atoms with Crippen molar-refractivity contribution in [1.29, 1.82) is 0 Å². The molecule has 10 heteroatoms. The maximum atomic E-state index is 12.9. The molecule has 1 aromatic carbocycles. The predicted molar refractivity (Wildman–Crippen MR) is 127 cm³/mol. The summed E-state index contributed by atoms with van der Waals surface area (Å²) in [5.74, 6) is 0.191. The quantitative estimate of drug-likeness (QED) is 0.486.